The Balaban J connectivity index is 3.75. The van der Waals surface area contributed by atoms with Crippen LogP contribution in [0.25, 0.3) is 0 Å². The standard InChI is InChI=1S/C38H71NO5/c1-3-5-7-9-11-13-14-15-16-17-18-19-20-21-22-23-24-26-28-30-32-36(42)38(44)39-34(33-40)37(43)35(41)31-29-27-25-12-10-8-6-4-2/h5,7,11-13,25,34-37,40-43H,3-4,6,8-10,14-24,26-33H2,1-2H3,(H,39,44)/b7-5-,13-11-,25-12+. The highest BCUT2D eigenvalue weighted by molar-refractivity contribution is 5.80. The summed E-state index contributed by atoms with van der Waals surface area (Å²) in [5, 5.41) is 43.2. The van der Waals surface area contributed by atoms with Gasteiger partial charge in [-0.3, -0.25) is 4.79 Å². The van der Waals surface area contributed by atoms with Crippen molar-refractivity contribution in [3.63, 3.8) is 0 Å². The zero-order chi connectivity index (χ0) is 32.5. The van der Waals surface area contributed by atoms with Crippen molar-refractivity contribution in [2.24, 2.45) is 0 Å². The molecule has 6 heteroatoms. The minimum absolute atomic E-state index is 0.361. The van der Waals surface area contributed by atoms with Crippen LogP contribution in [0.15, 0.2) is 36.5 Å². The van der Waals surface area contributed by atoms with E-state index in [4.69, 9.17) is 0 Å². The van der Waals surface area contributed by atoms with Gasteiger partial charge in [0.05, 0.1) is 18.8 Å². The Morgan fingerprint density at radius 3 is 1.61 bits per heavy atom. The Bertz CT molecular complexity index is 707. The van der Waals surface area contributed by atoms with Crippen molar-refractivity contribution in [3.8, 4) is 0 Å². The molecule has 0 aromatic carbocycles. The topological polar surface area (TPSA) is 110 Å². The SMILES string of the molecule is CC/C=C\C/C=C\CCCCCCCCCCCCCCCC(O)C(=O)NC(CO)C(O)C(O)CCC/C=C/CCCCC. The van der Waals surface area contributed by atoms with Crippen molar-refractivity contribution in [2.75, 3.05) is 6.61 Å². The van der Waals surface area contributed by atoms with Crippen LogP contribution in [0.5, 0.6) is 0 Å². The second kappa shape index (κ2) is 32.9. The monoisotopic (exact) mass is 622 g/mol. The summed E-state index contributed by atoms with van der Waals surface area (Å²) < 4.78 is 0. The molecule has 0 bridgehead atoms. The summed E-state index contributed by atoms with van der Waals surface area (Å²) in [6.07, 6.45) is 36.1. The number of aliphatic hydroxyl groups excluding tert-OH is 4. The maximum Gasteiger partial charge on any atom is 0.249 e. The maximum absolute atomic E-state index is 12.4. The van der Waals surface area contributed by atoms with E-state index < -0.39 is 36.9 Å². The minimum atomic E-state index is -1.28. The van der Waals surface area contributed by atoms with E-state index in [1.165, 1.54) is 89.9 Å². The Labute approximate surface area is 271 Å². The number of nitrogens with one attached hydrogen (secondary N) is 1. The maximum atomic E-state index is 12.4. The molecule has 0 fully saturated rings. The van der Waals surface area contributed by atoms with E-state index in [1.54, 1.807) is 0 Å². The molecule has 0 heterocycles. The molecule has 44 heavy (non-hydrogen) atoms. The molecular weight excluding hydrogens is 550 g/mol. The van der Waals surface area contributed by atoms with Crippen molar-refractivity contribution >= 4 is 5.91 Å². The molecule has 0 aromatic heterocycles. The highest BCUT2D eigenvalue weighted by atomic mass is 16.3. The summed E-state index contributed by atoms with van der Waals surface area (Å²) in [6, 6.07) is -0.998. The first-order valence-electron chi connectivity index (χ1n) is 18.4. The van der Waals surface area contributed by atoms with Crippen LogP contribution in [0.2, 0.25) is 0 Å². The summed E-state index contributed by atoms with van der Waals surface area (Å²) >= 11 is 0. The number of amides is 1. The summed E-state index contributed by atoms with van der Waals surface area (Å²) in [4.78, 5) is 12.4. The van der Waals surface area contributed by atoms with Crippen LogP contribution in [-0.4, -0.2) is 57.3 Å². The average molecular weight is 622 g/mol. The quantitative estimate of drug-likeness (QED) is 0.0382. The molecule has 258 valence electrons. The molecule has 0 saturated carbocycles. The number of hydrogen-bond acceptors (Lipinski definition) is 5. The van der Waals surface area contributed by atoms with E-state index in [0.717, 1.165) is 44.9 Å². The van der Waals surface area contributed by atoms with Gasteiger partial charge in [0, 0.05) is 0 Å². The summed E-state index contributed by atoms with van der Waals surface area (Å²) in [7, 11) is 0. The van der Waals surface area contributed by atoms with Crippen LogP contribution in [-0.2, 0) is 4.79 Å². The molecule has 6 nitrogen and oxygen atoms in total. The van der Waals surface area contributed by atoms with Crippen molar-refractivity contribution in [3.05, 3.63) is 36.5 Å². The molecule has 4 atom stereocenters. The van der Waals surface area contributed by atoms with Gasteiger partial charge in [-0.2, -0.15) is 0 Å². The van der Waals surface area contributed by atoms with Crippen LogP contribution in [0, 0.1) is 0 Å². The van der Waals surface area contributed by atoms with Crippen LogP contribution in [0.3, 0.4) is 0 Å². The van der Waals surface area contributed by atoms with Crippen LogP contribution in [0.1, 0.15) is 168 Å². The molecule has 0 aromatic rings. The Morgan fingerprint density at radius 1 is 0.591 bits per heavy atom. The van der Waals surface area contributed by atoms with E-state index in [-0.39, 0.29) is 0 Å². The fourth-order valence-electron chi connectivity index (χ4n) is 5.38. The van der Waals surface area contributed by atoms with Gasteiger partial charge in [-0.25, -0.2) is 0 Å². The number of unbranched alkanes of at least 4 members (excludes halogenated alkanes) is 17. The van der Waals surface area contributed by atoms with Gasteiger partial charge in [0.2, 0.25) is 5.91 Å². The molecule has 0 spiro atoms. The van der Waals surface area contributed by atoms with Gasteiger partial charge in [-0.15, -0.1) is 0 Å². The Hall–Kier alpha value is -1.47. The number of allylic oxidation sites excluding steroid dienone is 6. The predicted molar refractivity (Wildman–Crippen MR) is 187 cm³/mol. The fourth-order valence-corrected chi connectivity index (χ4v) is 5.38. The van der Waals surface area contributed by atoms with Crippen molar-refractivity contribution in [1.29, 1.82) is 0 Å². The molecule has 0 aliphatic carbocycles. The lowest BCUT2D eigenvalue weighted by Gasteiger charge is -2.27. The predicted octanol–water partition coefficient (Wildman–Crippen LogP) is 8.62. The third-order valence-electron chi connectivity index (χ3n) is 8.33. The van der Waals surface area contributed by atoms with Crippen LogP contribution in [0.4, 0.5) is 0 Å². The lowest BCUT2D eigenvalue weighted by Crippen LogP contribution is -2.53. The van der Waals surface area contributed by atoms with E-state index in [2.05, 4.69) is 55.6 Å². The first-order chi connectivity index (χ1) is 21.5. The molecule has 0 aliphatic rings. The normalized spacial score (nSPS) is 15.0. The molecule has 4 unspecified atom stereocenters. The van der Waals surface area contributed by atoms with Crippen molar-refractivity contribution in [2.45, 2.75) is 192 Å². The smallest absolute Gasteiger partial charge is 0.249 e. The van der Waals surface area contributed by atoms with Crippen LogP contribution >= 0.6 is 0 Å². The largest absolute Gasteiger partial charge is 0.394 e. The number of carbonyl (C=O) groups is 1. The van der Waals surface area contributed by atoms with Gasteiger partial charge >= 0.3 is 0 Å². The van der Waals surface area contributed by atoms with Gasteiger partial charge in [0.25, 0.3) is 0 Å². The van der Waals surface area contributed by atoms with E-state index in [0.29, 0.717) is 19.3 Å². The molecule has 0 radical (unpaired) electrons. The Kier molecular flexibility index (Phi) is 31.8. The molecule has 0 rings (SSSR count). The number of carbonyl (C=O) groups excluding carboxylic acids is 1. The number of aliphatic hydroxyl groups is 4. The minimum Gasteiger partial charge on any atom is -0.394 e. The number of hydrogen-bond donors (Lipinski definition) is 5. The highest BCUT2D eigenvalue weighted by Crippen LogP contribution is 2.15. The van der Waals surface area contributed by atoms with E-state index in [1.807, 2.05) is 0 Å². The van der Waals surface area contributed by atoms with Crippen molar-refractivity contribution < 1.29 is 25.2 Å². The summed E-state index contributed by atoms with van der Waals surface area (Å²) in [6.45, 7) is 3.85. The highest BCUT2D eigenvalue weighted by Gasteiger charge is 2.28. The van der Waals surface area contributed by atoms with Crippen molar-refractivity contribution in [1.82, 2.24) is 5.32 Å². The van der Waals surface area contributed by atoms with E-state index >= 15 is 0 Å². The molecule has 1 amide bonds. The Morgan fingerprint density at radius 2 is 1.07 bits per heavy atom. The second-order valence-electron chi connectivity index (χ2n) is 12.5. The van der Waals surface area contributed by atoms with Gasteiger partial charge in [-0.05, 0) is 64.2 Å². The molecule has 0 saturated heterocycles. The average Bonchev–Trinajstić information content (AvgIpc) is 3.03. The van der Waals surface area contributed by atoms with Gasteiger partial charge in [0.15, 0.2) is 0 Å². The lowest BCUT2D eigenvalue weighted by atomic mass is 10.00. The first kappa shape index (κ1) is 42.5. The van der Waals surface area contributed by atoms with Gasteiger partial charge in [0.1, 0.15) is 12.2 Å². The zero-order valence-electron chi connectivity index (χ0n) is 28.6. The first-order valence-corrected chi connectivity index (χ1v) is 18.4. The molecule has 0 aliphatic heterocycles. The molecular formula is C38H71NO5. The third-order valence-corrected chi connectivity index (χ3v) is 8.33. The number of rotatable bonds is 32. The zero-order valence-corrected chi connectivity index (χ0v) is 28.6. The fraction of sp³-hybridized carbons (Fsp3) is 0.816. The summed E-state index contributed by atoms with van der Waals surface area (Å²) in [5.41, 5.74) is 0. The van der Waals surface area contributed by atoms with Gasteiger partial charge < -0.3 is 25.7 Å². The molecule has 5 N–H and O–H groups in total. The van der Waals surface area contributed by atoms with Gasteiger partial charge in [-0.1, -0.05) is 140 Å². The van der Waals surface area contributed by atoms with Crippen LogP contribution < -0.4 is 5.32 Å². The lowest BCUT2D eigenvalue weighted by molar-refractivity contribution is -0.132. The second-order valence-corrected chi connectivity index (χ2v) is 12.5. The summed E-state index contributed by atoms with van der Waals surface area (Å²) in [5.74, 6) is -0.599. The van der Waals surface area contributed by atoms with E-state index in [9.17, 15) is 25.2 Å². The third kappa shape index (κ3) is 26.9.